The van der Waals surface area contributed by atoms with E-state index in [0.29, 0.717) is 0 Å². The number of benzene rings is 3. The molecule has 0 saturated heterocycles. The van der Waals surface area contributed by atoms with Crippen molar-refractivity contribution in [2.75, 3.05) is 0 Å². The van der Waals surface area contributed by atoms with Crippen molar-refractivity contribution in [2.45, 2.75) is 52.4 Å². The molecule has 0 unspecified atom stereocenters. The van der Waals surface area contributed by atoms with Gasteiger partial charge in [-0.05, 0) is 10.8 Å². The summed E-state index contributed by atoms with van der Waals surface area (Å²) >= 11 is 7.08. The summed E-state index contributed by atoms with van der Waals surface area (Å²) in [5, 5.41) is 6.28. The van der Waals surface area contributed by atoms with Gasteiger partial charge in [-0.15, -0.1) is 39.7 Å². The van der Waals surface area contributed by atoms with Crippen LogP contribution in [0.3, 0.4) is 0 Å². The molecule has 0 bridgehead atoms. The van der Waals surface area contributed by atoms with E-state index >= 15 is 0 Å². The summed E-state index contributed by atoms with van der Waals surface area (Å²) in [7, 11) is 0. The van der Waals surface area contributed by atoms with E-state index in [-0.39, 0.29) is 10.8 Å². The summed E-state index contributed by atoms with van der Waals surface area (Å²) in [6.07, 6.45) is 0. The number of fused-ring (bicyclic) bond motifs is 3. The standard InChI is InChI=1S/C21H25.C7H5Cl.C5H5.Zr/c1-20(2,3)16-7-9-18-14(12-16)11-15-13-17(21(4,5)6)8-10-19(15)18;1-6-2-4-7(8)5-3-6;1-2-4-5-3-1;/h7-13H,1-6H3;1-5H;1-5H;/q-1;;-1;+2. The van der Waals surface area contributed by atoms with Crippen LogP contribution < -0.4 is 0 Å². The van der Waals surface area contributed by atoms with Crippen LogP contribution in [0.4, 0.5) is 0 Å². The SMILES string of the molecule is CC(C)(C)c1ccc2c(c1)[cH-]c1cc(C(C)(C)C)ccc12.Clc1ccc([CH]=[Zr+2])cc1.c1cc[cH-]c1. The Balaban J connectivity index is 0.000000199. The van der Waals surface area contributed by atoms with Gasteiger partial charge in [0.15, 0.2) is 0 Å². The van der Waals surface area contributed by atoms with E-state index in [2.05, 4.69) is 87.7 Å². The van der Waals surface area contributed by atoms with Crippen molar-refractivity contribution in [3.8, 4) is 0 Å². The average Bonchev–Trinajstić information content (AvgIpc) is 3.49. The van der Waals surface area contributed by atoms with Crippen LogP contribution in [0.25, 0.3) is 21.5 Å². The molecule has 0 aliphatic carbocycles. The maximum atomic E-state index is 5.66. The van der Waals surface area contributed by atoms with Crippen LogP contribution in [-0.4, -0.2) is 3.71 Å². The third-order valence-corrected chi connectivity index (χ3v) is 7.10. The van der Waals surface area contributed by atoms with Gasteiger partial charge in [0.05, 0.1) is 0 Å². The fraction of sp³-hybridized carbons (Fsp3) is 0.242. The van der Waals surface area contributed by atoms with Crippen molar-refractivity contribution in [3.63, 3.8) is 0 Å². The molecule has 0 radical (unpaired) electrons. The zero-order valence-electron chi connectivity index (χ0n) is 21.7. The van der Waals surface area contributed by atoms with Crippen molar-refractivity contribution < 1.29 is 24.2 Å². The smallest absolute Gasteiger partial charge is 0.172 e. The summed E-state index contributed by atoms with van der Waals surface area (Å²) in [4.78, 5) is 0. The van der Waals surface area contributed by atoms with E-state index in [1.54, 1.807) is 0 Å². The monoisotopic (exact) mass is 556 g/mol. The Morgan fingerprint density at radius 1 is 0.686 bits per heavy atom. The van der Waals surface area contributed by atoms with E-state index < -0.39 is 0 Å². The molecule has 0 aliphatic rings. The van der Waals surface area contributed by atoms with Gasteiger partial charge in [0.1, 0.15) is 0 Å². The summed E-state index contributed by atoms with van der Waals surface area (Å²) in [5.74, 6) is 0. The molecule has 0 amide bonds. The summed E-state index contributed by atoms with van der Waals surface area (Å²) in [6, 6.07) is 34.0. The minimum absolute atomic E-state index is 0.203. The van der Waals surface area contributed by atoms with E-state index in [4.69, 9.17) is 11.6 Å². The molecule has 178 valence electrons. The van der Waals surface area contributed by atoms with Gasteiger partial charge in [-0.25, -0.2) is 12.1 Å². The molecule has 0 spiro atoms. The van der Waals surface area contributed by atoms with Gasteiger partial charge >= 0.3 is 74.4 Å². The van der Waals surface area contributed by atoms with Crippen molar-refractivity contribution in [3.05, 3.63) is 119 Å². The van der Waals surface area contributed by atoms with Crippen molar-refractivity contribution >= 4 is 36.9 Å². The Hall–Kier alpha value is -2.08. The molecule has 35 heavy (non-hydrogen) atoms. The van der Waals surface area contributed by atoms with Crippen molar-refractivity contribution in [1.29, 1.82) is 0 Å². The van der Waals surface area contributed by atoms with Gasteiger partial charge in [0, 0.05) is 0 Å². The maximum absolute atomic E-state index is 5.66. The van der Waals surface area contributed by atoms with Crippen LogP contribution in [-0.2, 0) is 35.1 Å². The molecule has 0 heterocycles. The molecule has 5 aromatic carbocycles. The normalized spacial score (nSPS) is 11.5. The molecule has 0 N–H and O–H groups in total. The average molecular weight is 558 g/mol. The molecule has 0 saturated carbocycles. The third kappa shape index (κ3) is 7.70. The predicted molar refractivity (Wildman–Crippen MR) is 153 cm³/mol. The van der Waals surface area contributed by atoms with Crippen molar-refractivity contribution in [1.82, 2.24) is 0 Å². The topological polar surface area (TPSA) is 0 Å². The first kappa shape index (κ1) is 27.5. The molecule has 0 aromatic heterocycles. The Morgan fingerprint density at radius 3 is 1.49 bits per heavy atom. The Labute approximate surface area is 231 Å². The van der Waals surface area contributed by atoms with Crippen LogP contribution in [0.5, 0.6) is 0 Å². The maximum Gasteiger partial charge on any atom is -0.172 e. The van der Waals surface area contributed by atoms with Gasteiger partial charge in [-0.2, -0.15) is 18.2 Å². The number of halogens is 1. The van der Waals surface area contributed by atoms with Crippen molar-refractivity contribution in [2.24, 2.45) is 0 Å². The van der Waals surface area contributed by atoms with E-state index in [0.717, 1.165) is 5.02 Å². The minimum Gasteiger partial charge on any atom is -0.214 e. The van der Waals surface area contributed by atoms with Gasteiger partial charge in [0.2, 0.25) is 0 Å². The summed E-state index contributed by atoms with van der Waals surface area (Å²) in [6.45, 7) is 13.6. The van der Waals surface area contributed by atoms with Crippen LogP contribution in [0.2, 0.25) is 5.02 Å². The number of hydrogen-bond donors (Lipinski definition) is 0. The molecule has 0 atom stereocenters. The summed E-state index contributed by atoms with van der Waals surface area (Å²) in [5.41, 5.74) is 4.46. The largest absolute Gasteiger partial charge is 0.214 e. The Kier molecular flexibility index (Phi) is 9.25. The first-order valence-corrected chi connectivity index (χ1v) is 13.9. The molecule has 2 heteroatoms. The molecular formula is C33H35ClZr. The first-order valence-electron chi connectivity index (χ1n) is 12.1. The zero-order chi connectivity index (χ0) is 25.6. The van der Waals surface area contributed by atoms with Gasteiger partial charge < -0.3 is 0 Å². The number of rotatable bonds is 1. The van der Waals surface area contributed by atoms with Gasteiger partial charge in [-0.1, -0.05) is 76.9 Å². The quantitative estimate of drug-likeness (QED) is 0.180. The second-order valence-electron chi connectivity index (χ2n) is 10.9. The minimum atomic E-state index is 0.203. The second kappa shape index (κ2) is 11.8. The first-order chi connectivity index (χ1) is 16.5. The number of hydrogen-bond acceptors (Lipinski definition) is 0. The zero-order valence-corrected chi connectivity index (χ0v) is 24.9. The Bertz CT molecular complexity index is 1270. The van der Waals surface area contributed by atoms with E-state index in [1.165, 1.54) is 62.5 Å². The van der Waals surface area contributed by atoms with Crippen LogP contribution in [0.15, 0.2) is 97.1 Å². The molecule has 0 aliphatic heterocycles. The van der Waals surface area contributed by atoms with E-state index in [9.17, 15) is 0 Å². The second-order valence-corrected chi connectivity index (χ2v) is 12.1. The van der Waals surface area contributed by atoms with Gasteiger partial charge in [0.25, 0.3) is 0 Å². The van der Waals surface area contributed by atoms with Crippen LogP contribution >= 0.6 is 11.6 Å². The predicted octanol–water partition coefficient (Wildman–Crippen LogP) is 9.75. The summed E-state index contributed by atoms with van der Waals surface area (Å²) < 4.78 is 2.13. The Morgan fingerprint density at radius 2 is 1.14 bits per heavy atom. The van der Waals surface area contributed by atoms with Gasteiger partial charge in [-0.3, -0.25) is 0 Å². The molecule has 0 fully saturated rings. The fourth-order valence-corrected chi connectivity index (χ4v) is 4.43. The third-order valence-electron chi connectivity index (χ3n) is 6.03. The van der Waals surface area contributed by atoms with E-state index in [1.807, 2.05) is 54.6 Å². The molecule has 5 rings (SSSR count). The van der Waals surface area contributed by atoms with Crippen LogP contribution in [0, 0.1) is 0 Å². The molecular weight excluding hydrogens is 523 g/mol. The fourth-order valence-electron chi connectivity index (χ4n) is 3.84. The molecule has 5 aromatic rings. The van der Waals surface area contributed by atoms with Crippen LogP contribution in [0.1, 0.15) is 58.2 Å². The molecule has 0 nitrogen and oxygen atoms in total.